The summed E-state index contributed by atoms with van der Waals surface area (Å²) < 4.78 is 35.0. The first-order valence-electron chi connectivity index (χ1n) is 24.6. The Balaban J connectivity index is 0.856. The molecule has 3 unspecified atom stereocenters. The largest absolute Gasteiger partial charge is 0.497 e. The van der Waals surface area contributed by atoms with Crippen LogP contribution in [0.1, 0.15) is 84.7 Å². The molecule has 19 heteroatoms. The standard InChI is InChI=1S/C54H63N7O12/c1-30(2)47(55)49(63)57-31(3)48(62)58-35-12-8-32(9-13-35)28-73-53(67)61-41-24-46(44(70-6)22-39(41)51(65)60-29-54(16-17-54)25-42(60)52(61)66)72-19-7-18-71-45-23-40-38(21-43(45)69-5)50(64)59-27-34(20-36(59)26-56-40)33-10-14-37(68-4)15-11-33/h8-15,21-24,27,30-31,36,42,47,52,56,66H,7,16-20,25-26,28-29,55H2,1-6H3,(H,57,63)(H,58,62)/t31?,36-,42-,47?,52?/m0/s1. The molecule has 4 aliphatic heterocycles. The van der Waals surface area contributed by atoms with Crippen LogP contribution in [-0.4, -0.2) is 123 Å². The fourth-order valence-electron chi connectivity index (χ4n) is 9.84. The van der Waals surface area contributed by atoms with E-state index < -0.39 is 42.3 Å². The fourth-order valence-corrected chi connectivity index (χ4v) is 9.84. The number of benzene rings is 4. The molecule has 9 rings (SSSR count). The van der Waals surface area contributed by atoms with Crippen molar-refractivity contribution in [3.05, 3.63) is 101 Å². The zero-order chi connectivity index (χ0) is 51.7. The predicted molar refractivity (Wildman–Crippen MR) is 271 cm³/mol. The van der Waals surface area contributed by atoms with Crippen LogP contribution in [0.25, 0.3) is 5.57 Å². The van der Waals surface area contributed by atoms with E-state index >= 15 is 0 Å². The van der Waals surface area contributed by atoms with Crippen LogP contribution in [0.15, 0.2) is 79.0 Å². The van der Waals surface area contributed by atoms with Gasteiger partial charge in [0.05, 0.1) is 75.2 Å². The Kier molecular flexibility index (Phi) is 14.4. The highest BCUT2D eigenvalue weighted by molar-refractivity contribution is 6.06. The molecule has 5 aliphatic rings. The van der Waals surface area contributed by atoms with Crippen LogP contribution in [0, 0.1) is 11.3 Å². The van der Waals surface area contributed by atoms with Crippen LogP contribution in [0.2, 0.25) is 0 Å². The summed E-state index contributed by atoms with van der Waals surface area (Å²) in [6.07, 6.45) is 3.05. The Labute approximate surface area is 423 Å². The SMILES string of the molecule is COc1ccc(C2=CN3C(=O)c4cc(OC)c(OCCCOc5cc6c(cc5OC)C(=O)N5CC7(CC7)C[C@H]5C(O)N6C(=O)OCc5ccc(NC(=O)C(C)NC(=O)C(N)C(C)C)cc5)cc4NC[C@@H]3C2)cc1. The number of hydrogen-bond acceptors (Lipinski definition) is 14. The predicted octanol–water partition coefficient (Wildman–Crippen LogP) is 6.14. The van der Waals surface area contributed by atoms with Crippen molar-refractivity contribution in [2.75, 3.05) is 63.2 Å². The number of carbonyl (C=O) groups is 5. The maximum absolute atomic E-state index is 14.3. The number of fused-ring (bicyclic) bond motifs is 4. The lowest BCUT2D eigenvalue weighted by Crippen LogP contribution is -2.50. The number of ether oxygens (including phenoxy) is 6. The number of hydrogen-bond donors (Lipinski definition) is 5. The van der Waals surface area contributed by atoms with Gasteiger partial charge in [0, 0.05) is 43.5 Å². The van der Waals surface area contributed by atoms with Gasteiger partial charge in [0.15, 0.2) is 29.2 Å². The third-order valence-electron chi connectivity index (χ3n) is 14.4. The molecule has 6 N–H and O–H groups in total. The fraction of sp³-hybridized carbons (Fsp3) is 0.426. The molecular weight excluding hydrogens is 939 g/mol. The molecule has 4 aromatic carbocycles. The van der Waals surface area contributed by atoms with Gasteiger partial charge in [-0.3, -0.25) is 19.2 Å². The van der Waals surface area contributed by atoms with E-state index in [4.69, 9.17) is 34.2 Å². The molecule has 2 fully saturated rings. The molecule has 4 heterocycles. The number of rotatable bonds is 17. The van der Waals surface area contributed by atoms with Gasteiger partial charge in [-0.05, 0) is 97.0 Å². The molecule has 0 aromatic heterocycles. The molecule has 4 aromatic rings. The van der Waals surface area contributed by atoms with Crippen LogP contribution in [0.3, 0.4) is 0 Å². The van der Waals surface area contributed by atoms with Gasteiger partial charge < -0.3 is 65.0 Å². The van der Waals surface area contributed by atoms with Crippen LogP contribution < -0.4 is 50.3 Å². The highest BCUT2D eigenvalue weighted by Crippen LogP contribution is 2.57. The number of methoxy groups -OCH3 is 3. The van der Waals surface area contributed by atoms with Crippen molar-refractivity contribution < 1.29 is 57.5 Å². The van der Waals surface area contributed by atoms with Crippen LogP contribution >= 0.6 is 0 Å². The van der Waals surface area contributed by atoms with Crippen molar-refractivity contribution in [2.45, 2.75) is 89.9 Å². The van der Waals surface area contributed by atoms with Gasteiger partial charge in [0.25, 0.3) is 11.8 Å². The Hall–Kier alpha value is -7.51. The molecule has 73 heavy (non-hydrogen) atoms. The van der Waals surface area contributed by atoms with E-state index in [0.29, 0.717) is 66.4 Å². The number of nitrogens with two attached hydrogens (primary N) is 1. The zero-order valence-electron chi connectivity index (χ0n) is 41.9. The van der Waals surface area contributed by atoms with Gasteiger partial charge >= 0.3 is 6.09 Å². The molecule has 5 amide bonds. The summed E-state index contributed by atoms with van der Waals surface area (Å²) in [6.45, 7) is 6.33. The van der Waals surface area contributed by atoms with E-state index in [0.717, 1.165) is 34.6 Å². The Morgan fingerprint density at radius 3 is 2.15 bits per heavy atom. The Bertz CT molecular complexity index is 2800. The second kappa shape index (κ2) is 20.9. The van der Waals surface area contributed by atoms with E-state index in [1.807, 2.05) is 44.3 Å². The summed E-state index contributed by atoms with van der Waals surface area (Å²) in [5.41, 5.74) is 10.3. The van der Waals surface area contributed by atoms with Gasteiger partial charge in [-0.15, -0.1) is 0 Å². The van der Waals surface area contributed by atoms with E-state index in [-0.39, 0.29) is 71.8 Å². The zero-order valence-corrected chi connectivity index (χ0v) is 41.9. The quantitative estimate of drug-likeness (QED) is 0.0749. The Morgan fingerprint density at radius 1 is 0.836 bits per heavy atom. The summed E-state index contributed by atoms with van der Waals surface area (Å²) in [5, 5.41) is 20.9. The summed E-state index contributed by atoms with van der Waals surface area (Å²) in [5.74, 6) is 0.637. The van der Waals surface area contributed by atoms with Gasteiger partial charge in [-0.1, -0.05) is 38.1 Å². The minimum atomic E-state index is -1.44. The molecule has 0 bridgehead atoms. The molecule has 1 aliphatic carbocycles. The molecule has 5 atom stereocenters. The monoisotopic (exact) mass is 1000 g/mol. The van der Waals surface area contributed by atoms with Crippen LogP contribution in [0.4, 0.5) is 21.9 Å². The first-order chi connectivity index (χ1) is 35.1. The van der Waals surface area contributed by atoms with Crippen molar-refractivity contribution >= 4 is 52.4 Å². The maximum Gasteiger partial charge on any atom is 0.416 e. The number of aliphatic hydroxyl groups is 1. The summed E-state index contributed by atoms with van der Waals surface area (Å²) in [4.78, 5) is 72.3. The third-order valence-corrected chi connectivity index (χ3v) is 14.4. The molecular formula is C54H63N7O12. The molecule has 1 saturated heterocycles. The molecule has 19 nitrogen and oxygen atoms in total. The highest BCUT2D eigenvalue weighted by Gasteiger charge is 2.58. The number of aliphatic hydroxyl groups excluding tert-OH is 1. The average Bonchev–Trinajstić information content (AvgIpc) is 3.90. The van der Waals surface area contributed by atoms with Gasteiger partial charge in [0.1, 0.15) is 18.4 Å². The first-order valence-corrected chi connectivity index (χ1v) is 24.6. The van der Waals surface area contributed by atoms with Crippen LogP contribution in [0.5, 0.6) is 28.7 Å². The second-order valence-electron chi connectivity index (χ2n) is 19.7. The number of nitrogens with zero attached hydrogens (tertiary/aromatic N) is 3. The summed E-state index contributed by atoms with van der Waals surface area (Å²) >= 11 is 0. The van der Waals surface area contributed by atoms with Crippen molar-refractivity contribution in [3.63, 3.8) is 0 Å². The molecule has 0 radical (unpaired) electrons. The van der Waals surface area contributed by atoms with Gasteiger partial charge in [-0.25, -0.2) is 9.69 Å². The lowest BCUT2D eigenvalue weighted by Gasteiger charge is -2.31. The average molecular weight is 1000 g/mol. The number of amides is 5. The second-order valence-corrected chi connectivity index (χ2v) is 19.7. The van der Waals surface area contributed by atoms with Crippen molar-refractivity contribution in [3.8, 4) is 28.7 Å². The smallest absolute Gasteiger partial charge is 0.416 e. The third kappa shape index (κ3) is 10.4. The summed E-state index contributed by atoms with van der Waals surface area (Å²) in [7, 11) is 4.61. The van der Waals surface area contributed by atoms with E-state index in [1.165, 1.54) is 26.4 Å². The topological polar surface area (TPSA) is 233 Å². The minimum absolute atomic E-state index is 0.0819. The van der Waals surface area contributed by atoms with E-state index in [9.17, 15) is 29.1 Å². The van der Waals surface area contributed by atoms with Crippen LogP contribution in [-0.2, 0) is 20.9 Å². The first kappa shape index (κ1) is 50.4. The normalized spacial score (nSPS) is 20.0. The summed E-state index contributed by atoms with van der Waals surface area (Å²) in [6, 6.07) is 18.6. The molecule has 1 spiro atoms. The number of anilines is 3. The lowest BCUT2D eigenvalue weighted by atomic mass is 10.0. The highest BCUT2D eigenvalue weighted by atomic mass is 16.6. The molecule has 386 valence electrons. The number of carbonyl (C=O) groups excluding carboxylic acids is 5. The van der Waals surface area contributed by atoms with Crippen molar-refractivity contribution in [2.24, 2.45) is 17.1 Å². The number of nitrogens with one attached hydrogen (secondary N) is 3. The van der Waals surface area contributed by atoms with Crippen molar-refractivity contribution in [1.29, 1.82) is 0 Å². The van der Waals surface area contributed by atoms with Crippen molar-refractivity contribution in [1.82, 2.24) is 15.1 Å². The minimum Gasteiger partial charge on any atom is -0.497 e. The maximum atomic E-state index is 14.3. The van der Waals surface area contributed by atoms with Gasteiger partial charge in [-0.2, -0.15) is 0 Å². The molecule has 1 saturated carbocycles. The van der Waals surface area contributed by atoms with Gasteiger partial charge in [0.2, 0.25) is 11.8 Å². The van der Waals surface area contributed by atoms with E-state index in [1.54, 1.807) is 60.2 Å². The Morgan fingerprint density at radius 2 is 1.51 bits per heavy atom. The van der Waals surface area contributed by atoms with E-state index in [2.05, 4.69) is 16.0 Å². The lowest BCUT2D eigenvalue weighted by molar-refractivity contribution is -0.127.